The van der Waals surface area contributed by atoms with Crippen LogP contribution in [-0.4, -0.2) is 32.9 Å². The molecule has 1 N–H and O–H groups in total. The summed E-state index contributed by atoms with van der Waals surface area (Å²) in [7, 11) is 1.60. The topological polar surface area (TPSA) is 95.1 Å². The fraction of sp³-hybridized carbons (Fsp3) is 0.294. The molecule has 0 saturated heterocycles. The van der Waals surface area contributed by atoms with Crippen molar-refractivity contribution in [3.63, 3.8) is 0 Å². The molecule has 0 unspecified atom stereocenters. The number of rotatable bonds is 6. The van der Waals surface area contributed by atoms with Crippen molar-refractivity contribution in [1.82, 2.24) is 25.2 Å². The van der Waals surface area contributed by atoms with Gasteiger partial charge in [0.25, 0.3) is 0 Å². The van der Waals surface area contributed by atoms with Gasteiger partial charge in [0.2, 0.25) is 17.6 Å². The molecule has 0 fully saturated rings. The number of amides is 1. The lowest BCUT2D eigenvalue weighted by Crippen LogP contribution is -2.33. The molecule has 0 bridgehead atoms. The van der Waals surface area contributed by atoms with Gasteiger partial charge in [-0.15, -0.1) is 0 Å². The minimum atomic E-state index is -0.432. The molecule has 0 radical (unpaired) electrons. The Morgan fingerprint density at radius 2 is 2.16 bits per heavy atom. The summed E-state index contributed by atoms with van der Waals surface area (Å²) in [4.78, 5) is 16.7. The molecule has 2 aromatic heterocycles. The Morgan fingerprint density at radius 1 is 1.32 bits per heavy atom. The summed E-state index contributed by atoms with van der Waals surface area (Å²) in [6, 6.07) is 8.28. The number of aromatic nitrogens is 4. The highest BCUT2D eigenvalue weighted by atomic mass is 16.5. The van der Waals surface area contributed by atoms with Crippen molar-refractivity contribution in [2.24, 2.45) is 0 Å². The maximum absolute atomic E-state index is 12.3. The summed E-state index contributed by atoms with van der Waals surface area (Å²) in [5.41, 5.74) is 0.776. The van der Waals surface area contributed by atoms with Crippen molar-refractivity contribution >= 4 is 5.91 Å². The normalized spacial score (nSPS) is 13.2. The summed E-state index contributed by atoms with van der Waals surface area (Å²) < 4.78 is 12.1. The standard InChI is InChI=1S/C17H19N5O3/c1-11(19-16(23)12(2)22-9-5-8-18-22)17-20-15(21-25-17)13-6-4-7-14(10-13)24-3/h4-12H,1-3H3,(H,19,23)/t11-,12+/m0/s1. The fourth-order valence-corrected chi connectivity index (χ4v) is 2.32. The van der Waals surface area contributed by atoms with E-state index in [1.165, 1.54) is 0 Å². The summed E-state index contributed by atoms with van der Waals surface area (Å²) >= 11 is 0. The molecule has 2 atom stereocenters. The number of carbonyl (C=O) groups excluding carboxylic acids is 1. The van der Waals surface area contributed by atoms with Gasteiger partial charge in [-0.2, -0.15) is 10.1 Å². The van der Waals surface area contributed by atoms with Crippen molar-refractivity contribution in [2.75, 3.05) is 7.11 Å². The number of methoxy groups -OCH3 is 1. The molecular weight excluding hydrogens is 322 g/mol. The minimum Gasteiger partial charge on any atom is -0.497 e. The van der Waals surface area contributed by atoms with Crippen LogP contribution < -0.4 is 10.1 Å². The Balaban J connectivity index is 1.70. The van der Waals surface area contributed by atoms with E-state index in [-0.39, 0.29) is 5.91 Å². The SMILES string of the molecule is COc1cccc(-c2noc([C@H](C)NC(=O)[C@@H](C)n3cccn3)n2)c1. The number of nitrogens with one attached hydrogen (secondary N) is 1. The van der Waals surface area contributed by atoms with Crippen molar-refractivity contribution in [3.05, 3.63) is 48.6 Å². The first kappa shape index (κ1) is 16.7. The number of ether oxygens (including phenoxy) is 1. The molecule has 0 aliphatic rings. The Hall–Kier alpha value is -3.16. The minimum absolute atomic E-state index is 0.183. The van der Waals surface area contributed by atoms with Crippen LogP contribution in [0.4, 0.5) is 0 Å². The fourth-order valence-electron chi connectivity index (χ4n) is 2.32. The second-order valence-electron chi connectivity index (χ2n) is 5.58. The van der Waals surface area contributed by atoms with E-state index in [1.54, 1.807) is 44.1 Å². The molecule has 1 aromatic carbocycles. The quantitative estimate of drug-likeness (QED) is 0.739. The molecule has 0 saturated carbocycles. The van der Waals surface area contributed by atoms with Gasteiger partial charge in [0.05, 0.1) is 7.11 Å². The van der Waals surface area contributed by atoms with E-state index in [9.17, 15) is 4.79 Å². The number of benzene rings is 1. The van der Waals surface area contributed by atoms with E-state index in [0.29, 0.717) is 17.5 Å². The van der Waals surface area contributed by atoms with Crippen LogP contribution in [0.15, 0.2) is 47.2 Å². The van der Waals surface area contributed by atoms with Crippen LogP contribution in [-0.2, 0) is 4.79 Å². The van der Waals surface area contributed by atoms with E-state index in [4.69, 9.17) is 9.26 Å². The monoisotopic (exact) mass is 341 g/mol. The molecule has 1 amide bonds. The second-order valence-corrected chi connectivity index (χ2v) is 5.58. The van der Waals surface area contributed by atoms with Crippen LogP contribution >= 0.6 is 0 Å². The third-order valence-electron chi connectivity index (χ3n) is 3.80. The highest BCUT2D eigenvalue weighted by Crippen LogP contribution is 2.22. The van der Waals surface area contributed by atoms with E-state index < -0.39 is 12.1 Å². The summed E-state index contributed by atoms with van der Waals surface area (Å²) in [6.45, 7) is 3.56. The molecule has 3 rings (SSSR count). The summed E-state index contributed by atoms with van der Waals surface area (Å²) in [5, 5.41) is 10.9. The molecule has 0 aliphatic heterocycles. The van der Waals surface area contributed by atoms with Crippen LogP contribution in [0.25, 0.3) is 11.4 Å². The number of hydrogen-bond acceptors (Lipinski definition) is 6. The van der Waals surface area contributed by atoms with Gasteiger partial charge in [0.15, 0.2) is 0 Å². The molecule has 0 aliphatic carbocycles. The lowest BCUT2D eigenvalue weighted by Gasteiger charge is -2.15. The second kappa shape index (κ2) is 7.16. The third kappa shape index (κ3) is 3.68. The van der Waals surface area contributed by atoms with Crippen LogP contribution in [0.2, 0.25) is 0 Å². The zero-order chi connectivity index (χ0) is 17.8. The van der Waals surface area contributed by atoms with Gasteiger partial charge in [0.1, 0.15) is 17.8 Å². The average molecular weight is 341 g/mol. The first-order valence-corrected chi connectivity index (χ1v) is 7.86. The van der Waals surface area contributed by atoms with E-state index >= 15 is 0 Å². The maximum atomic E-state index is 12.3. The Kier molecular flexibility index (Phi) is 4.78. The Labute approximate surface area is 144 Å². The largest absolute Gasteiger partial charge is 0.497 e. The zero-order valence-corrected chi connectivity index (χ0v) is 14.2. The van der Waals surface area contributed by atoms with Crippen LogP contribution in [0.1, 0.15) is 31.8 Å². The molecule has 8 nitrogen and oxygen atoms in total. The van der Waals surface area contributed by atoms with Gasteiger partial charge in [-0.25, -0.2) is 0 Å². The highest BCUT2D eigenvalue weighted by Gasteiger charge is 2.21. The van der Waals surface area contributed by atoms with E-state index in [1.807, 2.05) is 24.3 Å². The molecule has 25 heavy (non-hydrogen) atoms. The lowest BCUT2D eigenvalue weighted by atomic mass is 10.2. The van der Waals surface area contributed by atoms with Crippen LogP contribution in [0.3, 0.4) is 0 Å². The number of nitrogens with zero attached hydrogens (tertiary/aromatic N) is 4. The Bertz CT molecular complexity index is 844. The van der Waals surface area contributed by atoms with Gasteiger partial charge >= 0.3 is 0 Å². The number of hydrogen-bond donors (Lipinski definition) is 1. The predicted molar refractivity (Wildman–Crippen MR) is 89.8 cm³/mol. The van der Waals surface area contributed by atoms with E-state index in [2.05, 4.69) is 20.6 Å². The van der Waals surface area contributed by atoms with Gasteiger partial charge < -0.3 is 14.6 Å². The molecule has 8 heteroatoms. The van der Waals surface area contributed by atoms with Gasteiger partial charge in [0, 0.05) is 18.0 Å². The molecule has 130 valence electrons. The average Bonchev–Trinajstić information content (AvgIpc) is 3.32. The first-order valence-electron chi connectivity index (χ1n) is 7.86. The Morgan fingerprint density at radius 3 is 2.88 bits per heavy atom. The summed E-state index contributed by atoms with van der Waals surface area (Å²) in [5.74, 6) is 1.30. The maximum Gasteiger partial charge on any atom is 0.249 e. The van der Waals surface area contributed by atoms with Crippen molar-refractivity contribution in [2.45, 2.75) is 25.9 Å². The zero-order valence-electron chi connectivity index (χ0n) is 14.2. The van der Waals surface area contributed by atoms with Gasteiger partial charge in [-0.1, -0.05) is 17.3 Å². The predicted octanol–water partition coefficient (Wildman–Crippen LogP) is 2.38. The third-order valence-corrected chi connectivity index (χ3v) is 3.80. The smallest absolute Gasteiger partial charge is 0.249 e. The van der Waals surface area contributed by atoms with Crippen LogP contribution in [0.5, 0.6) is 5.75 Å². The van der Waals surface area contributed by atoms with E-state index in [0.717, 1.165) is 5.56 Å². The van der Waals surface area contributed by atoms with Crippen molar-refractivity contribution in [3.8, 4) is 17.1 Å². The molecular formula is C17H19N5O3. The summed E-state index contributed by atoms with van der Waals surface area (Å²) in [6.07, 6.45) is 3.37. The van der Waals surface area contributed by atoms with Crippen molar-refractivity contribution < 1.29 is 14.1 Å². The molecule has 0 spiro atoms. The highest BCUT2D eigenvalue weighted by molar-refractivity contribution is 5.80. The lowest BCUT2D eigenvalue weighted by molar-refractivity contribution is -0.125. The molecule has 3 aromatic rings. The van der Waals surface area contributed by atoms with Gasteiger partial charge in [-0.05, 0) is 32.0 Å². The number of carbonyl (C=O) groups is 1. The molecule has 2 heterocycles. The van der Waals surface area contributed by atoms with Crippen molar-refractivity contribution in [1.29, 1.82) is 0 Å². The first-order chi connectivity index (χ1) is 12.1. The van der Waals surface area contributed by atoms with Gasteiger partial charge in [-0.3, -0.25) is 9.48 Å². The van der Waals surface area contributed by atoms with Crippen LogP contribution in [0, 0.1) is 0 Å².